The van der Waals surface area contributed by atoms with Crippen LogP contribution in [0.3, 0.4) is 0 Å². The molecule has 0 unspecified atom stereocenters. The molecule has 0 atom stereocenters. The minimum atomic E-state index is -3.81. The molecule has 7 nitrogen and oxygen atoms in total. The van der Waals surface area contributed by atoms with Crippen LogP contribution in [0.25, 0.3) is 0 Å². The van der Waals surface area contributed by atoms with Crippen LogP contribution in [0, 0.1) is 5.41 Å². The normalized spacial score (nSPS) is 18.4. The van der Waals surface area contributed by atoms with Gasteiger partial charge in [-0.05, 0) is 55.8 Å². The molecular formula is C18H19ClN2O5S2. The lowest BCUT2D eigenvalue weighted by molar-refractivity contribution is -0.123. The van der Waals surface area contributed by atoms with Crippen molar-refractivity contribution >= 4 is 43.2 Å². The topological polar surface area (TPSA) is 101 Å². The maximum absolute atomic E-state index is 12.5. The Balaban J connectivity index is 1.80. The van der Waals surface area contributed by atoms with Gasteiger partial charge in [0.1, 0.15) is 0 Å². The molecule has 1 saturated heterocycles. The molecule has 0 radical (unpaired) electrons. The molecule has 0 aliphatic carbocycles. The van der Waals surface area contributed by atoms with Gasteiger partial charge in [-0.25, -0.2) is 25.9 Å². The number of anilines is 1. The number of hydrogen-bond donors (Lipinski definition) is 1. The molecular weight excluding hydrogens is 424 g/mol. The van der Waals surface area contributed by atoms with Crippen molar-refractivity contribution in [2.75, 3.05) is 10.1 Å². The number of carbonyl (C=O) groups is 1. The molecule has 0 bridgehead atoms. The van der Waals surface area contributed by atoms with Gasteiger partial charge >= 0.3 is 0 Å². The van der Waals surface area contributed by atoms with Gasteiger partial charge in [0.05, 0.1) is 21.8 Å². The van der Waals surface area contributed by atoms with Gasteiger partial charge in [-0.15, -0.1) is 0 Å². The van der Waals surface area contributed by atoms with E-state index in [0.29, 0.717) is 5.02 Å². The van der Waals surface area contributed by atoms with Crippen LogP contribution in [0.2, 0.25) is 5.02 Å². The Hall–Kier alpha value is -1.94. The zero-order valence-electron chi connectivity index (χ0n) is 15.2. The number of amides is 1. The second-order valence-corrected chi connectivity index (χ2v) is 11.2. The minimum Gasteiger partial charge on any atom is -0.273 e. The summed E-state index contributed by atoms with van der Waals surface area (Å²) in [6.45, 7) is 3.20. The maximum atomic E-state index is 12.5. The molecule has 28 heavy (non-hydrogen) atoms. The van der Waals surface area contributed by atoms with Gasteiger partial charge in [-0.3, -0.25) is 4.79 Å². The van der Waals surface area contributed by atoms with Crippen molar-refractivity contribution in [2.45, 2.75) is 25.3 Å². The van der Waals surface area contributed by atoms with E-state index in [1.165, 1.54) is 24.3 Å². The average Bonchev–Trinajstić information content (AvgIpc) is 2.77. The summed E-state index contributed by atoms with van der Waals surface area (Å²) in [6, 6.07) is 11.9. The van der Waals surface area contributed by atoms with E-state index in [9.17, 15) is 21.6 Å². The van der Waals surface area contributed by atoms with Gasteiger partial charge in [0, 0.05) is 11.6 Å². The molecule has 3 rings (SSSR count). The molecule has 1 fully saturated rings. The third-order valence-corrected chi connectivity index (χ3v) is 8.03. The first-order valence-corrected chi connectivity index (χ1v) is 11.8. The molecule has 2 aromatic carbocycles. The lowest BCUT2D eigenvalue weighted by Crippen LogP contribution is -2.33. The van der Waals surface area contributed by atoms with Gasteiger partial charge in [0.25, 0.3) is 0 Å². The zero-order valence-corrected chi connectivity index (χ0v) is 17.6. The number of sulfonamides is 2. The van der Waals surface area contributed by atoms with Crippen molar-refractivity contribution in [3.63, 3.8) is 0 Å². The second kappa shape index (κ2) is 7.14. The molecule has 10 heteroatoms. The number of hydrogen-bond acceptors (Lipinski definition) is 5. The maximum Gasteiger partial charge on any atom is 0.247 e. The molecule has 1 heterocycles. The molecule has 1 N–H and O–H groups in total. The van der Waals surface area contributed by atoms with Crippen LogP contribution in [0.1, 0.15) is 19.4 Å². The summed E-state index contributed by atoms with van der Waals surface area (Å²) in [4.78, 5) is 12.4. The molecule has 150 valence electrons. The Labute approximate surface area is 169 Å². The highest BCUT2D eigenvalue weighted by molar-refractivity contribution is 7.94. The van der Waals surface area contributed by atoms with Crippen LogP contribution in [-0.4, -0.2) is 28.5 Å². The quantitative estimate of drug-likeness (QED) is 0.766. The zero-order chi connectivity index (χ0) is 20.7. The van der Waals surface area contributed by atoms with E-state index in [1.807, 2.05) is 0 Å². The molecule has 1 aliphatic heterocycles. The molecule has 2 aromatic rings. The minimum absolute atomic E-state index is 0.0338. The van der Waals surface area contributed by atoms with Crippen molar-refractivity contribution in [3.8, 4) is 0 Å². The fourth-order valence-electron chi connectivity index (χ4n) is 2.89. The Morgan fingerprint density at radius 3 is 2.14 bits per heavy atom. The van der Waals surface area contributed by atoms with Crippen molar-refractivity contribution in [3.05, 3.63) is 59.1 Å². The Morgan fingerprint density at radius 1 is 1.07 bits per heavy atom. The van der Waals surface area contributed by atoms with E-state index in [2.05, 4.69) is 4.72 Å². The predicted octanol–water partition coefficient (Wildman–Crippen LogP) is 2.52. The number of nitrogens with one attached hydrogen (secondary N) is 1. The van der Waals surface area contributed by atoms with E-state index in [4.69, 9.17) is 11.6 Å². The largest absolute Gasteiger partial charge is 0.273 e. The monoisotopic (exact) mass is 442 g/mol. The van der Waals surface area contributed by atoms with Crippen LogP contribution < -0.4 is 9.03 Å². The van der Waals surface area contributed by atoms with Crippen LogP contribution in [0.5, 0.6) is 0 Å². The van der Waals surface area contributed by atoms with Crippen LogP contribution in [0.4, 0.5) is 5.69 Å². The highest BCUT2D eigenvalue weighted by atomic mass is 35.5. The fourth-order valence-corrected chi connectivity index (χ4v) is 6.14. The third kappa shape index (κ3) is 4.07. The van der Waals surface area contributed by atoms with E-state index in [0.717, 1.165) is 9.87 Å². The molecule has 1 amide bonds. The first-order valence-electron chi connectivity index (χ1n) is 8.34. The molecule has 0 saturated carbocycles. The Kier molecular flexibility index (Phi) is 5.30. The second-order valence-electron chi connectivity index (χ2n) is 7.15. The summed E-state index contributed by atoms with van der Waals surface area (Å²) in [5.74, 6) is -0.828. The Morgan fingerprint density at radius 2 is 1.64 bits per heavy atom. The van der Waals surface area contributed by atoms with Gasteiger partial charge in [0.2, 0.25) is 26.0 Å². The van der Waals surface area contributed by atoms with E-state index in [-0.39, 0.29) is 22.9 Å². The van der Waals surface area contributed by atoms with Gasteiger partial charge < -0.3 is 0 Å². The van der Waals surface area contributed by atoms with Crippen LogP contribution in [0.15, 0.2) is 53.4 Å². The van der Waals surface area contributed by atoms with E-state index in [1.54, 1.807) is 38.1 Å². The lowest BCUT2D eigenvalue weighted by atomic mass is 9.95. The van der Waals surface area contributed by atoms with Crippen molar-refractivity contribution < 1.29 is 21.6 Å². The predicted molar refractivity (Wildman–Crippen MR) is 107 cm³/mol. The fraction of sp³-hybridized carbons (Fsp3) is 0.278. The summed E-state index contributed by atoms with van der Waals surface area (Å²) in [7, 11) is -7.60. The summed E-state index contributed by atoms with van der Waals surface area (Å²) in [5, 5.41) is 0.553. The number of benzene rings is 2. The van der Waals surface area contributed by atoms with E-state index >= 15 is 0 Å². The summed E-state index contributed by atoms with van der Waals surface area (Å²) < 4.78 is 52.8. The van der Waals surface area contributed by atoms with Crippen LogP contribution in [-0.2, 0) is 31.4 Å². The third-order valence-electron chi connectivity index (χ3n) is 4.35. The highest BCUT2D eigenvalue weighted by Gasteiger charge is 2.49. The van der Waals surface area contributed by atoms with Crippen LogP contribution >= 0.6 is 11.6 Å². The van der Waals surface area contributed by atoms with Crippen molar-refractivity contribution in [2.24, 2.45) is 5.41 Å². The highest BCUT2D eigenvalue weighted by Crippen LogP contribution is 2.35. The van der Waals surface area contributed by atoms with Gasteiger partial charge in [-0.1, -0.05) is 23.7 Å². The number of halogens is 1. The molecule has 0 spiro atoms. The lowest BCUT2D eigenvalue weighted by Gasteiger charge is -2.17. The number of rotatable bonds is 5. The average molecular weight is 443 g/mol. The Bertz CT molecular complexity index is 1110. The smallest absolute Gasteiger partial charge is 0.247 e. The summed E-state index contributed by atoms with van der Waals surface area (Å²) in [5.41, 5.74) is -0.170. The van der Waals surface area contributed by atoms with Gasteiger partial charge in [-0.2, -0.15) is 0 Å². The molecule has 0 aromatic heterocycles. The van der Waals surface area contributed by atoms with Gasteiger partial charge in [0.15, 0.2) is 0 Å². The number of carbonyl (C=O) groups excluding carboxylic acids is 1. The SMILES string of the molecule is CC1(C)CS(=O)(=O)N(c2ccc(S(=O)(=O)NCc3ccc(Cl)cc3)cc2)C1=O. The summed E-state index contributed by atoms with van der Waals surface area (Å²) >= 11 is 5.80. The van der Waals surface area contributed by atoms with E-state index < -0.39 is 31.4 Å². The first kappa shape index (κ1) is 20.8. The summed E-state index contributed by atoms with van der Waals surface area (Å²) in [6.07, 6.45) is 0. The standard InChI is InChI=1S/C18H19ClN2O5S2/c1-18(2)12-27(23,24)21(17(18)22)15-7-9-16(10-8-15)28(25,26)20-11-13-3-5-14(19)6-4-13/h3-10,20H,11-12H2,1-2H3. The van der Waals surface area contributed by atoms with Crippen molar-refractivity contribution in [1.29, 1.82) is 0 Å². The van der Waals surface area contributed by atoms with Crippen molar-refractivity contribution in [1.82, 2.24) is 4.72 Å². The first-order chi connectivity index (χ1) is 12.9. The molecule has 1 aliphatic rings. The number of nitrogens with zero attached hydrogens (tertiary/aromatic N) is 1.